The molecule has 0 unspecified atom stereocenters. The summed E-state index contributed by atoms with van der Waals surface area (Å²) < 4.78 is 25.4. The Balaban J connectivity index is 1.61. The average Bonchev–Trinajstić information content (AvgIpc) is 2.76. The molecule has 25 heavy (non-hydrogen) atoms. The first-order chi connectivity index (χ1) is 11.9. The van der Waals surface area contributed by atoms with Crippen molar-refractivity contribution in [3.8, 4) is 0 Å². The lowest BCUT2D eigenvalue weighted by Crippen LogP contribution is -2.40. The van der Waals surface area contributed by atoms with Gasteiger partial charge in [0.2, 0.25) is 5.91 Å². The summed E-state index contributed by atoms with van der Waals surface area (Å²) in [5, 5.41) is 3.23. The van der Waals surface area contributed by atoms with Gasteiger partial charge in [0.1, 0.15) is 11.4 Å². The smallest absolute Gasteiger partial charge is 0.269 e. The van der Waals surface area contributed by atoms with Crippen LogP contribution in [0, 0.1) is 0 Å². The van der Waals surface area contributed by atoms with E-state index in [9.17, 15) is 18.0 Å². The Morgan fingerprint density at radius 1 is 1.12 bits per heavy atom. The number of nitrogens with one attached hydrogen (secondary N) is 1. The number of hydrogen-bond donors (Lipinski definition) is 1. The van der Waals surface area contributed by atoms with E-state index in [4.69, 9.17) is 11.6 Å². The molecule has 2 aromatic rings. The largest absolute Gasteiger partial charge is 0.354 e. The lowest BCUT2D eigenvalue weighted by Gasteiger charge is -2.14. The zero-order valence-electron chi connectivity index (χ0n) is 13.1. The van der Waals surface area contributed by atoms with E-state index in [1.807, 2.05) is 12.1 Å². The fourth-order valence-corrected chi connectivity index (χ4v) is 4.35. The molecule has 1 aliphatic rings. The van der Waals surface area contributed by atoms with Crippen molar-refractivity contribution in [2.75, 3.05) is 13.1 Å². The van der Waals surface area contributed by atoms with Crippen LogP contribution in [0.15, 0.2) is 53.4 Å². The minimum atomic E-state index is -3.97. The minimum Gasteiger partial charge on any atom is -0.354 e. The highest BCUT2D eigenvalue weighted by Crippen LogP contribution is 2.29. The Bertz CT molecular complexity index is 943. The van der Waals surface area contributed by atoms with Crippen molar-refractivity contribution in [2.24, 2.45) is 0 Å². The maximum absolute atomic E-state index is 12.4. The maximum Gasteiger partial charge on any atom is 0.269 e. The Morgan fingerprint density at radius 3 is 2.60 bits per heavy atom. The molecule has 1 N–H and O–H groups in total. The Labute approximate surface area is 150 Å². The molecule has 0 aromatic heterocycles. The van der Waals surface area contributed by atoms with Crippen LogP contribution in [0.4, 0.5) is 0 Å². The SMILES string of the molecule is O=C(CN1C(=O)c2ccccc2S1(=O)=O)NCCc1cccc(Cl)c1. The summed E-state index contributed by atoms with van der Waals surface area (Å²) in [5.74, 6) is -1.22. The monoisotopic (exact) mass is 378 g/mol. The lowest BCUT2D eigenvalue weighted by atomic mass is 10.1. The van der Waals surface area contributed by atoms with Crippen LogP contribution < -0.4 is 5.32 Å². The number of halogens is 1. The number of carbonyl (C=O) groups excluding carboxylic acids is 2. The third-order valence-electron chi connectivity index (χ3n) is 3.82. The Morgan fingerprint density at radius 2 is 1.88 bits per heavy atom. The minimum absolute atomic E-state index is 0.0632. The molecule has 2 aromatic carbocycles. The van der Waals surface area contributed by atoms with Crippen LogP contribution >= 0.6 is 11.6 Å². The van der Waals surface area contributed by atoms with Gasteiger partial charge in [-0.2, -0.15) is 0 Å². The number of fused-ring (bicyclic) bond motifs is 1. The Kier molecular flexibility index (Phi) is 4.78. The summed E-state index contributed by atoms with van der Waals surface area (Å²) >= 11 is 5.89. The van der Waals surface area contributed by atoms with Crippen LogP contribution in [-0.4, -0.2) is 37.6 Å². The summed E-state index contributed by atoms with van der Waals surface area (Å²) in [4.78, 5) is 24.2. The summed E-state index contributed by atoms with van der Waals surface area (Å²) in [6, 6.07) is 13.2. The van der Waals surface area contributed by atoms with Gasteiger partial charge in [-0.15, -0.1) is 0 Å². The number of rotatable bonds is 5. The highest BCUT2D eigenvalue weighted by Gasteiger charge is 2.41. The predicted molar refractivity (Wildman–Crippen MR) is 92.8 cm³/mol. The molecule has 130 valence electrons. The van der Waals surface area contributed by atoms with E-state index in [2.05, 4.69) is 5.32 Å². The molecule has 0 aliphatic carbocycles. The van der Waals surface area contributed by atoms with E-state index in [0.717, 1.165) is 5.56 Å². The van der Waals surface area contributed by atoms with Crippen molar-refractivity contribution in [3.05, 3.63) is 64.7 Å². The molecule has 0 fully saturated rings. The lowest BCUT2D eigenvalue weighted by molar-refractivity contribution is -0.121. The first-order valence-corrected chi connectivity index (χ1v) is 9.38. The van der Waals surface area contributed by atoms with E-state index < -0.39 is 28.4 Å². The number of sulfonamides is 1. The molecule has 0 saturated heterocycles. The number of hydrogen-bond acceptors (Lipinski definition) is 4. The standard InChI is InChI=1S/C17H15ClN2O4S/c18-13-5-3-4-12(10-13)8-9-19-16(21)11-20-17(22)14-6-1-2-7-15(14)25(20,23)24/h1-7,10H,8-9,11H2,(H,19,21). The van der Waals surface area contributed by atoms with Gasteiger partial charge in [0.15, 0.2) is 0 Å². The summed E-state index contributed by atoms with van der Waals surface area (Å²) in [6.07, 6.45) is 0.549. The second-order valence-corrected chi connectivity index (χ2v) is 7.81. The second kappa shape index (κ2) is 6.85. The molecule has 0 bridgehead atoms. The average molecular weight is 379 g/mol. The highest BCUT2D eigenvalue weighted by molar-refractivity contribution is 7.90. The topological polar surface area (TPSA) is 83.6 Å². The summed E-state index contributed by atoms with van der Waals surface area (Å²) in [5.41, 5.74) is 1.04. The highest BCUT2D eigenvalue weighted by atomic mass is 35.5. The van der Waals surface area contributed by atoms with Crippen LogP contribution in [0.2, 0.25) is 5.02 Å². The second-order valence-electron chi connectivity index (χ2n) is 5.54. The normalized spacial score (nSPS) is 15.1. The first-order valence-electron chi connectivity index (χ1n) is 7.57. The van der Waals surface area contributed by atoms with Crippen molar-refractivity contribution < 1.29 is 18.0 Å². The van der Waals surface area contributed by atoms with Crippen LogP contribution in [0.3, 0.4) is 0 Å². The number of nitrogens with zero attached hydrogens (tertiary/aromatic N) is 1. The van der Waals surface area contributed by atoms with Crippen molar-refractivity contribution in [2.45, 2.75) is 11.3 Å². The van der Waals surface area contributed by atoms with Crippen molar-refractivity contribution in [1.82, 2.24) is 9.62 Å². The molecule has 6 nitrogen and oxygen atoms in total. The van der Waals surface area contributed by atoms with E-state index in [0.29, 0.717) is 22.3 Å². The molecule has 0 radical (unpaired) electrons. The fraction of sp³-hybridized carbons (Fsp3) is 0.176. The number of carbonyl (C=O) groups is 2. The molecule has 1 aliphatic heterocycles. The van der Waals surface area contributed by atoms with Gasteiger partial charge >= 0.3 is 0 Å². The Hall–Kier alpha value is -2.38. The van der Waals surface area contributed by atoms with Gasteiger partial charge < -0.3 is 5.32 Å². The maximum atomic E-state index is 12.4. The van der Waals surface area contributed by atoms with Crippen LogP contribution in [0.5, 0.6) is 0 Å². The third-order valence-corrected chi connectivity index (χ3v) is 5.85. The van der Waals surface area contributed by atoms with Crippen LogP contribution in [-0.2, 0) is 21.2 Å². The molecule has 0 saturated carbocycles. The van der Waals surface area contributed by atoms with Crippen LogP contribution in [0.25, 0.3) is 0 Å². The van der Waals surface area contributed by atoms with E-state index >= 15 is 0 Å². The van der Waals surface area contributed by atoms with Gasteiger partial charge in [-0.3, -0.25) is 9.59 Å². The van der Waals surface area contributed by atoms with E-state index in [-0.39, 0.29) is 10.5 Å². The van der Waals surface area contributed by atoms with E-state index in [1.54, 1.807) is 18.2 Å². The molecule has 1 heterocycles. The summed E-state index contributed by atoms with van der Waals surface area (Å²) in [7, 11) is -3.97. The summed E-state index contributed by atoms with van der Waals surface area (Å²) in [6.45, 7) is -0.223. The zero-order valence-corrected chi connectivity index (χ0v) is 14.7. The molecular formula is C17H15ClN2O4S. The van der Waals surface area contributed by atoms with Crippen molar-refractivity contribution in [1.29, 1.82) is 0 Å². The number of benzene rings is 2. The van der Waals surface area contributed by atoms with E-state index in [1.165, 1.54) is 18.2 Å². The quantitative estimate of drug-likeness (QED) is 0.860. The first kappa shape index (κ1) is 17.4. The molecular weight excluding hydrogens is 364 g/mol. The van der Waals surface area contributed by atoms with Crippen molar-refractivity contribution in [3.63, 3.8) is 0 Å². The van der Waals surface area contributed by atoms with Gasteiger partial charge in [0.25, 0.3) is 15.9 Å². The number of amides is 2. The molecule has 8 heteroatoms. The fourth-order valence-electron chi connectivity index (χ4n) is 2.61. The third kappa shape index (κ3) is 3.52. The predicted octanol–water partition coefficient (Wildman–Crippen LogP) is 1.84. The van der Waals surface area contributed by atoms with Crippen LogP contribution in [0.1, 0.15) is 15.9 Å². The van der Waals surface area contributed by atoms with Crippen molar-refractivity contribution >= 4 is 33.4 Å². The van der Waals surface area contributed by atoms with Gasteiger partial charge in [0.05, 0.1) is 5.56 Å². The van der Waals surface area contributed by atoms with Gasteiger partial charge in [-0.05, 0) is 36.2 Å². The molecule has 3 rings (SSSR count). The van der Waals surface area contributed by atoms with Gasteiger partial charge in [-0.25, -0.2) is 12.7 Å². The molecule has 0 atom stereocenters. The van der Waals surface area contributed by atoms with Gasteiger partial charge in [-0.1, -0.05) is 35.9 Å². The molecule has 2 amide bonds. The molecule has 0 spiro atoms. The zero-order chi connectivity index (χ0) is 18.0. The van der Waals surface area contributed by atoms with Gasteiger partial charge in [0, 0.05) is 11.6 Å².